The smallest absolute Gasteiger partial charge is 0.308 e. The molecule has 0 aliphatic rings. The molecule has 0 spiro atoms. The van der Waals surface area contributed by atoms with Crippen molar-refractivity contribution in [1.29, 1.82) is 0 Å². The molecule has 0 aromatic heterocycles. The van der Waals surface area contributed by atoms with Gasteiger partial charge in [0.05, 0.1) is 0 Å². The average Bonchev–Trinajstić information content (AvgIpc) is 2.95. The van der Waals surface area contributed by atoms with E-state index in [-0.39, 0.29) is 6.54 Å². The van der Waals surface area contributed by atoms with Gasteiger partial charge in [0, 0.05) is 12.2 Å². The molecule has 30 heteroatoms. The van der Waals surface area contributed by atoms with E-state index in [0.29, 0.717) is 5.69 Å². The van der Waals surface area contributed by atoms with Crippen LogP contribution in [0.15, 0.2) is 43.0 Å². The summed E-state index contributed by atoms with van der Waals surface area (Å²) in [6.07, 6.45) is -49.8. The second-order valence-electron chi connectivity index (χ2n) is 8.72. The number of hydrogen-bond donors (Lipinski definition) is 0. The standard InChI is InChI=1S/C12H12F3NO.C7H2F14O4.C3H2F6O/c1-2-8-16(10-6-4-3-5-7-10)11(17)9-12(13,14)15;8-2(9,10)1-22-5(15,16)3(11,4(12,13)14)24-25-7(19,20)6(17,18)23-21;4-2(5,6)1-3(7,8)10-9/h2-7H,1,8-9H2;1H2;1H2. The van der Waals surface area contributed by atoms with Gasteiger partial charge in [-0.25, -0.2) is 0 Å². The number of anilines is 1. The van der Waals surface area contributed by atoms with Gasteiger partial charge in [0.2, 0.25) is 5.91 Å². The maximum absolute atomic E-state index is 13.2. The second kappa shape index (κ2) is 18.6. The predicted octanol–water partition coefficient (Wildman–Crippen LogP) is 10.0. The van der Waals surface area contributed by atoms with E-state index in [1.54, 1.807) is 35.3 Å². The quantitative estimate of drug-likeness (QED) is 0.0806. The van der Waals surface area contributed by atoms with Gasteiger partial charge in [-0.1, -0.05) is 24.3 Å². The molecule has 1 unspecified atom stereocenters. The first kappa shape index (κ1) is 50.7. The Morgan fingerprint density at radius 3 is 1.44 bits per heavy atom. The summed E-state index contributed by atoms with van der Waals surface area (Å²) in [4.78, 5) is 19.3. The van der Waals surface area contributed by atoms with E-state index < -0.39 is 80.4 Å². The maximum atomic E-state index is 13.2. The number of amides is 1. The number of ether oxygens (including phenoxy) is 1. The molecule has 0 fully saturated rings. The Hall–Kier alpha value is -3.38. The van der Waals surface area contributed by atoms with Crippen LogP contribution in [0.25, 0.3) is 0 Å². The molecular weight excluding hydrogens is 811 g/mol. The average molecular weight is 827 g/mol. The SMILES string of the molecule is C=CCN(C(=O)CC(F)(F)F)c1ccccc1.FOC(F)(F)C(F)(F)OOC(F)(C(F)(F)F)C(F)(F)OCC(F)(F)F.FOC(F)(F)CC(F)(F)F. The van der Waals surface area contributed by atoms with Crippen LogP contribution in [0.1, 0.15) is 12.8 Å². The number of hydrogen-bond acceptors (Lipinski definition) is 6. The fourth-order valence-electron chi connectivity index (χ4n) is 2.35. The molecule has 0 radical (unpaired) electrons. The van der Waals surface area contributed by atoms with Crippen LogP contribution in [0.3, 0.4) is 0 Å². The van der Waals surface area contributed by atoms with Gasteiger partial charge in [0.25, 0.3) is 0 Å². The molecule has 0 saturated heterocycles. The first-order valence-electron chi connectivity index (χ1n) is 12.0. The Labute approximate surface area is 272 Å². The fourth-order valence-corrected chi connectivity index (χ4v) is 2.35. The van der Waals surface area contributed by atoms with Crippen LogP contribution in [-0.4, -0.2) is 74.1 Å². The van der Waals surface area contributed by atoms with Gasteiger partial charge in [-0.15, -0.1) is 16.5 Å². The van der Waals surface area contributed by atoms with Crippen LogP contribution in [0.5, 0.6) is 0 Å². The highest BCUT2D eigenvalue weighted by atomic mass is 19.4. The van der Waals surface area contributed by atoms with E-state index >= 15 is 0 Å². The molecule has 1 atom stereocenters. The summed E-state index contributed by atoms with van der Waals surface area (Å²) in [5.74, 6) is -7.93. The summed E-state index contributed by atoms with van der Waals surface area (Å²) in [6, 6.07) is 8.21. The minimum absolute atomic E-state index is 0.0545. The lowest BCUT2D eigenvalue weighted by atomic mass is 10.2. The van der Waals surface area contributed by atoms with Gasteiger partial charge in [-0.05, 0) is 21.2 Å². The van der Waals surface area contributed by atoms with E-state index in [1.165, 1.54) is 11.0 Å². The molecule has 0 aliphatic heterocycles. The van der Waals surface area contributed by atoms with Crippen LogP contribution >= 0.6 is 0 Å². The minimum Gasteiger partial charge on any atom is -0.308 e. The van der Waals surface area contributed by atoms with Crippen molar-refractivity contribution in [3.8, 4) is 0 Å². The Morgan fingerprint density at radius 1 is 0.635 bits per heavy atom. The lowest BCUT2D eigenvalue weighted by Crippen LogP contribution is -2.60. The number of alkyl halides is 21. The molecule has 1 rings (SSSR count). The largest absolute Gasteiger partial charge is 0.480 e. The number of carbonyl (C=O) groups excluding carboxylic acids is 1. The van der Waals surface area contributed by atoms with Gasteiger partial charge < -0.3 is 9.64 Å². The van der Waals surface area contributed by atoms with Gasteiger partial charge in [-0.3, -0.25) is 4.79 Å². The minimum atomic E-state index is -7.16. The van der Waals surface area contributed by atoms with Crippen LogP contribution < -0.4 is 4.90 Å². The molecule has 0 saturated carbocycles. The van der Waals surface area contributed by atoms with E-state index in [2.05, 4.69) is 11.3 Å². The molecule has 52 heavy (non-hydrogen) atoms. The fraction of sp³-hybridized carbons (Fsp3) is 0.591. The summed E-state index contributed by atoms with van der Waals surface area (Å²) in [6.45, 7) is 0.239. The molecule has 0 heterocycles. The lowest BCUT2D eigenvalue weighted by Gasteiger charge is -2.33. The van der Waals surface area contributed by atoms with Gasteiger partial charge in [-0.2, -0.15) is 102 Å². The van der Waals surface area contributed by atoms with E-state index in [1.807, 2.05) is 9.78 Å². The van der Waals surface area contributed by atoms with Crippen molar-refractivity contribution in [2.75, 3.05) is 18.1 Å². The van der Waals surface area contributed by atoms with Crippen LogP contribution in [0, 0.1) is 0 Å². The van der Waals surface area contributed by atoms with Crippen molar-refractivity contribution in [3.63, 3.8) is 0 Å². The number of rotatable bonds is 14. The Balaban J connectivity index is 0. The number of carbonyl (C=O) groups is 1. The predicted molar refractivity (Wildman–Crippen MR) is 119 cm³/mol. The Morgan fingerprint density at radius 2 is 1.12 bits per heavy atom. The van der Waals surface area contributed by atoms with Crippen molar-refractivity contribution in [3.05, 3.63) is 43.0 Å². The monoisotopic (exact) mass is 827 g/mol. The Bertz CT molecular complexity index is 1220. The topological polar surface area (TPSA) is 66.5 Å². The molecule has 0 aliphatic carbocycles. The maximum Gasteiger partial charge on any atom is 0.480 e. The Kier molecular flexibility index (Phi) is 18.1. The zero-order valence-electron chi connectivity index (χ0n) is 24.1. The van der Waals surface area contributed by atoms with Gasteiger partial charge >= 0.3 is 55.0 Å². The first-order chi connectivity index (χ1) is 22.9. The third-order valence-electron chi connectivity index (χ3n) is 4.40. The summed E-state index contributed by atoms with van der Waals surface area (Å²) in [5.41, 5.74) is 0.432. The molecular formula is C22H16F23NO6. The third kappa shape index (κ3) is 17.9. The van der Waals surface area contributed by atoms with E-state index in [9.17, 15) is 106 Å². The number of halogens is 23. The number of nitrogens with zero attached hydrogens (tertiary/aromatic N) is 1. The molecule has 0 N–H and O–H groups in total. The normalized spacial score (nSPS) is 14.7. The highest BCUT2D eigenvalue weighted by Crippen LogP contribution is 2.49. The summed E-state index contributed by atoms with van der Waals surface area (Å²) in [7, 11) is 0. The number of benzene rings is 1. The molecule has 7 nitrogen and oxygen atoms in total. The molecule has 0 bridgehead atoms. The lowest BCUT2D eigenvalue weighted by molar-refractivity contribution is -0.614. The molecule has 1 aromatic carbocycles. The van der Waals surface area contributed by atoms with Crippen molar-refractivity contribution in [2.24, 2.45) is 0 Å². The van der Waals surface area contributed by atoms with Gasteiger partial charge in [0.15, 0.2) is 0 Å². The summed E-state index contributed by atoms with van der Waals surface area (Å²) in [5, 5.41) is 0. The second-order valence-corrected chi connectivity index (χ2v) is 8.72. The highest BCUT2D eigenvalue weighted by Gasteiger charge is 2.78. The molecule has 1 aromatic rings. The molecule has 1 amide bonds. The number of para-hydroxylation sites is 1. The van der Waals surface area contributed by atoms with Crippen LogP contribution in [0.2, 0.25) is 0 Å². The zero-order valence-corrected chi connectivity index (χ0v) is 24.1. The van der Waals surface area contributed by atoms with E-state index in [4.69, 9.17) is 0 Å². The van der Waals surface area contributed by atoms with E-state index in [0.717, 1.165) is 4.90 Å². The van der Waals surface area contributed by atoms with Crippen molar-refractivity contribution in [2.45, 2.75) is 67.8 Å². The van der Waals surface area contributed by atoms with Gasteiger partial charge in [0.1, 0.15) is 19.4 Å². The molecule has 306 valence electrons. The zero-order chi connectivity index (χ0) is 41.8. The highest BCUT2D eigenvalue weighted by molar-refractivity contribution is 5.93. The first-order valence-corrected chi connectivity index (χ1v) is 12.0. The summed E-state index contributed by atoms with van der Waals surface area (Å²) < 4.78 is 276. The van der Waals surface area contributed by atoms with Crippen molar-refractivity contribution < 1.29 is 130 Å². The van der Waals surface area contributed by atoms with Crippen molar-refractivity contribution in [1.82, 2.24) is 0 Å². The third-order valence-corrected chi connectivity index (χ3v) is 4.40. The van der Waals surface area contributed by atoms with Crippen LogP contribution in [-0.2, 0) is 29.2 Å². The van der Waals surface area contributed by atoms with Crippen LogP contribution in [0.4, 0.5) is 107 Å². The summed E-state index contributed by atoms with van der Waals surface area (Å²) >= 11 is 0. The van der Waals surface area contributed by atoms with Crippen molar-refractivity contribution >= 4 is 11.6 Å².